The molecule has 13 heteroatoms. The lowest BCUT2D eigenvalue weighted by Gasteiger charge is -2.10. The van der Waals surface area contributed by atoms with Crippen molar-refractivity contribution >= 4 is 22.9 Å². The van der Waals surface area contributed by atoms with Crippen LogP contribution in [0.15, 0.2) is 57.9 Å². The first kappa shape index (κ1) is 28.1. The maximum absolute atomic E-state index is 13.7. The zero-order chi connectivity index (χ0) is 29.0. The zero-order valence-electron chi connectivity index (χ0n) is 20.4. The highest BCUT2D eigenvalue weighted by Gasteiger charge is 2.27. The summed E-state index contributed by atoms with van der Waals surface area (Å²) < 4.78 is 92.4. The largest absolute Gasteiger partial charge is 0.476 e. The minimum absolute atomic E-state index is 0.0302. The molecule has 0 amide bonds. The van der Waals surface area contributed by atoms with Crippen LogP contribution < -0.4 is 19.6 Å². The number of fused-ring (bicyclic) bond motifs is 1. The second-order valence-corrected chi connectivity index (χ2v) is 8.01. The molecule has 1 heterocycles. The molecule has 0 aliphatic carbocycles. The fourth-order valence-electron chi connectivity index (χ4n) is 3.29. The fraction of sp³-hybridized carbons (Fsp3) is 0.148. The Hall–Kier alpha value is -4.94. The van der Waals surface area contributed by atoms with Crippen molar-refractivity contribution < 1.29 is 54.9 Å². The Labute approximate surface area is 221 Å². The number of hydrogen-bond acceptors (Lipinski definition) is 8. The summed E-state index contributed by atoms with van der Waals surface area (Å²) in [6, 6.07) is 9.43. The minimum Gasteiger partial charge on any atom is -0.476 e. The number of esters is 2. The van der Waals surface area contributed by atoms with E-state index in [9.17, 15) is 36.3 Å². The number of ether oxygens (including phenoxy) is 4. The van der Waals surface area contributed by atoms with Crippen molar-refractivity contribution in [1.29, 1.82) is 0 Å². The van der Waals surface area contributed by atoms with Crippen LogP contribution in [-0.2, 0) is 9.53 Å². The second-order valence-electron chi connectivity index (χ2n) is 8.01. The zero-order valence-corrected chi connectivity index (χ0v) is 20.4. The predicted octanol–water partition coefficient (Wildman–Crippen LogP) is 5.83. The molecule has 1 aromatic heterocycles. The van der Waals surface area contributed by atoms with Crippen LogP contribution in [0.4, 0.5) is 22.0 Å². The first-order chi connectivity index (χ1) is 19.1. The van der Waals surface area contributed by atoms with E-state index in [1.54, 1.807) is 0 Å². The van der Waals surface area contributed by atoms with E-state index < -0.39 is 58.8 Å². The van der Waals surface area contributed by atoms with E-state index >= 15 is 0 Å². The normalized spacial score (nSPS) is 10.8. The maximum atomic E-state index is 13.7. The Kier molecular flexibility index (Phi) is 8.31. The molecule has 0 aliphatic rings. The number of halogens is 5. The third kappa shape index (κ3) is 5.87. The van der Waals surface area contributed by atoms with Crippen LogP contribution in [0.5, 0.6) is 23.0 Å². The van der Waals surface area contributed by atoms with Crippen LogP contribution in [0.3, 0.4) is 0 Å². The van der Waals surface area contributed by atoms with Crippen molar-refractivity contribution in [3.8, 4) is 23.0 Å². The molecule has 0 aliphatic heterocycles. The van der Waals surface area contributed by atoms with Crippen molar-refractivity contribution in [2.75, 3.05) is 13.2 Å². The Morgan fingerprint density at radius 1 is 0.850 bits per heavy atom. The molecule has 0 fully saturated rings. The summed E-state index contributed by atoms with van der Waals surface area (Å²) in [5.74, 6) is -14.9. The van der Waals surface area contributed by atoms with Gasteiger partial charge in [0.2, 0.25) is 40.3 Å². The molecular formula is C27H17F5O8. The summed E-state index contributed by atoms with van der Waals surface area (Å²) in [5, 5.41) is 0.0368. The van der Waals surface area contributed by atoms with E-state index in [0.717, 1.165) is 12.3 Å². The van der Waals surface area contributed by atoms with Crippen LogP contribution in [0, 0.1) is 29.1 Å². The molecular weight excluding hydrogens is 547 g/mol. The van der Waals surface area contributed by atoms with E-state index in [2.05, 4.69) is 4.74 Å². The minimum atomic E-state index is -2.38. The lowest BCUT2D eigenvalue weighted by atomic mass is 10.2. The van der Waals surface area contributed by atoms with Crippen LogP contribution in [0.2, 0.25) is 0 Å². The SMILES string of the molecule is CCCOC(=O)c1ccc(Oc2coc3cc(OC(=O)COc4c(F)c(F)c(F)c(F)c4F)ccc3c2=O)cc1. The van der Waals surface area contributed by atoms with Gasteiger partial charge in [-0.2, -0.15) is 8.78 Å². The lowest BCUT2D eigenvalue weighted by molar-refractivity contribution is -0.136. The summed E-state index contributed by atoms with van der Waals surface area (Å²) in [4.78, 5) is 36.7. The van der Waals surface area contributed by atoms with Gasteiger partial charge in [-0.1, -0.05) is 6.92 Å². The molecule has 4 aromatic rings. The van der Waals surface area contributed by atoms with Crippen molar-refractivity contribution in [2.24, 2.45) is 0 Å². The Morgan fingerprint density at radius 3 is 2.12 bits per heavy atom. The summed E-state index contributed by atoms with van der Waals surface area (Å²) in [5.41, 5.74) is -0.316. The molecule has 0 unspecified atom stereocenters. The van der Waals surface area contributed by atoms with Crippen molar-refractivity contribution in [2.45, 2.75) is 13.3 Å². The Bertz CT molecular complexity index is 1620. The standard InChI is InChI=1S/C27H17F5O8/c1-2-9-36-27(35)13-3-5-14(6-4-13)39-18-11-37-17-10-15(7-8-16(17)25(18)34)40-19(33)12-38-26-23(31)21(29)20(28)22(30)24(26)32/h3-8,10-11H,2,9,12H2,1H3. The first-order valence-corrected chi connectivity index (χ1v) is 11.5. The fourth-order valence-corrected chi connectivity index (χ4v) is 3.29. The molecule has 0 N–H and O–H groups in total. The maximum Gasteiger partial charge on any atom is 0.349 e. The van der Waals surface area contributed by atoms with Gasteiger partial charge in [0.25, 0.3) is 0 Å². The Balaban J connectivity index is 1.43. The van der Waals surface area contributed by atoms with Crippen molar-refractivity contribution in [3.63, 3.8) is 0 Å². The van der Waals surface area contributed by atoms with Crippen molar-refractivity contribution in [1.82, 2.24) is 0 Å². The second kappa shape index (κ2) is 11.8. The molecule has 8 nitrogen and oxygen atoms in total. The van der Waals surface area contributed by atoms with Gasteiger partial charge in [-0.15, -0.1) is 0 Å². The van der Waals surface area contributed by atoms with Gasteiger partial charge >= 0.3 is 11.9 Å². The highest BCUT2D eigenvalue weighted by molar-refractivity contribution is 5.89. The molecule has 40 heavy (non-hydrogen) atoms. The number of rotatable bonds is 9. The van der Waals surface area contributed by atoms with Gasteiger partial charge in [0, 0.05) is 6.07 Å². The van der Waals surface area contributed by atoms with Crippen LogP contribution in [0.1, 0.15) is 23.7 Å². The quantitative estimate of drug-likeness (QED) is 0.0823. The highest BCUT2D eigenvalue weighted by atomic mass is 19.2. The number of carbonyl (C=O) groups excluding carboxylic acids is 2. The molecule has 0 spiro atoms. The van der Waals surface area contributed by atoms with Gasteiger partial charge in [0.05, 0.1) is 17.6 Å². The molecule has 4 rings (SSSR count). The van der Waals surface area contributed by atoms with Crippen LogP contribution in [0.25, 0.3) is 11.0 Å². The summed E-state index contributed by atoms with van der Waals surface area (Å²) in [7, 11) is 0. The molecule has 0 radical (unpaired) electrons. The van der Waals surface area contributed by atoms with Gasteiger partial charge in [-0.05, 0) is 42.8 Å². The Morgan fingerprint density at radius 2 is 1.48 bits per heavy atom. The van der Waals surface area contributed by atoms with Crippen LogP contribution >= 0.6 is 0 Å². The third-order valence-electron chi connectivity index (χ3n) is 5.21. The number of carbonyl (C=O) groups is 2. The average Bonchev–Trinajstić information content (AvgIpc) is 2.95. The summed E-state index contributed by atoms with van der Waals surface area (Å²) in [6.45, 7) is 0.936. The predicted molar refractivity (Wildman–Crippen MR) is 127 cm³/mol. The molecule has 208 valence electrons. The van der Waals surface area contributed by atoms with Gasteiger partial charge in [-0.25, -0.2) is 22.8 Å². The van der Waals surface area contributed by atoms with E-state index in [1.165, 1.54) is 36.4 Å². The average molecular weight is 564 g/mol. The number of benzene rings is 3. The van der Waals surface area contributed by atoms with E-state index in [1.807, 2.05) is 6.92 Å². The molecule has 0 bridgehead atoms. The van der Waals surface area contributed by atoms with E-state index in [-0.39, 0.29) is 34.8 Å². The molecule has 0 saturated heterocycles. The first-order valence-electron chi connectivity index (χ1n) is 11.5. The smallest absolute Gasteiger partial charge is 0.349 e. The highest BCUT2D eigenvalue weighted by Crippen LogP contribution is 2.29. The molecule has 0 saturated carbocycles. The van der Waals surface area contributed by atoms with Crippen molar-refractivity contribution in [3.05, 3.63) is 93.6 Å². The van der Waals surface area contributed by atoms with E-state index in [0.29, 0.717) is 12.0 Å². The summed E-state index contributed by atoms with van der Waals surface area (Å²) >= 11 is 0. The van der Waals surface area contributed by atoms with Crippen LogP contribution in [-0.4, -0.2) is 25.2 Å². The van der Waals surface area contributed by atoms with Gasteiger partial charge < -0.3 is 23.4 Å². The summed E-state index contributed by atoms with van der Waals surface area (Å²) in [6.07, 6.45) is 1.68. The van der Waals surface area contributed by atoms with Gasteiger partial charge in [0.1, 0.15) is 23.3 Å². The molecule has 3 aromatic carbocycles. The van der Waals surface area contributed by atoms with Gasteiger partial charge in [0.15, 0.2) is 12.4 Å². The topological polar surface area (TPSA) is 101 Å². The monoisotopic (exact) mass is 564 g/mol. The number of hydrogen-bond donors (Lipinski definition) is 0. The lowest BCUT2D eigenvalue weighted by Crippen LogP contribution is -2.19. The molecule has 0 atom stereocenters. The van der Waals surface area contributed by atoms with E-state index in [4.69, 9.17) is 18.6 Å². The van der Waals surface area contributed by atoms with Gasteiger partial charge in [-0.3, -0.25) is 4.79 Å². The third-order valence-corrected chi connectivity index (χ3v) is 5.21.